The first kappa shape index (κ1) is 25.7. The Bertz CT molecular complexity index is 1910. The molecule has 0 aliphatic rings. The van der Waals surface area contributed by atoms with Crippen molar-refractivity contribution in [2.75, 3.05) is 0 Å². The number of halogens is 1. The van der Waals surface area contributed by atoms with Gasteiger partial charge in [0.1, 0.15) is 12.2 Å². The van der Waals surface area contributed by atoms with E-state index in [1.165, 1.54) is 10.9 Å². The zero-order valence-electron chi connectivity index (χ0n) is 20.6. The maximum atomic E-state index is 13.9. The van der Waals surface area contributed by atoms with Crippen LogP contribution in [-0.4, -0.2) is 37.8 Å². The lowest BCUT2D eigenvalue weighted by Gasteiger charge is -2.14. The Kier molecular flexibility index (Phi) is 7.01. The van der Waals surface area contributed by atoms with Crippen LogP contribution in [0.2, 0.25) is 5.02 Å². The minimum Gasteiger partial charge on any atom is -0.760 e. The molecule has 0 fully saturated rings. The summed E-state index contributed by atoms with van der Waals surface area (Å²) in [6.45, 7) is 0.121. The molecule has 0 aliphatic heterocycles. The highest BCUT2D eigenvalue weighted by atomic mass is 35.5. The lowest BCUT2D eigenvalue weighted by atomic mass is 10.1. The van der Waals surface area contributed by atoms with Gasteiger partial charge in [-0.2, -0.15) is 0 Å². The number of fused-ring (bicyclic) bond motifs is 1. The average molecular weight is 569 g/mol. The van der Waals surface area contributed by atoms with E-state index in [9.17, 15) is 13.6 Å². The third-order valence-corrected chi connectivity index (χ3v) is 6.84. The van der Waals surface area contributed by atoms with Crippen LogP contribution in [0.4, 0.5) is 0 Å². The molecule has 40 heavy (non-hydrogen) atoms. The van der Waals surface area contributed by atoms with E-state index < -0.39 is 11.3 Å². The molecule has 1 atom stereocenters. The molecule has 0 amide bonds. The number of benzene rings is 3. The van der Waals surface area contributed by atoms with Crippen molar-refractivity contribution in [1.29, 1.82) is 0 Å². The highest BCUT2D eigenvalue weighted by Crippen LogP contribution is 2.26. The van der Waals surface area contributed by atoms with Crippen LogP contribution in [0.3, 0.4) is 0 Å². The lowest BCUT2D eigenvalue weighted by molar-refractivity contribution is 0.522. The van der Waals surface area contributed by atoms with Gasteiger partial charge < -0.3 is 4.55 Å². The molecule has 1 N–H and O–H groups in total. The molecule has 1 unspecified atom stereocenters. The standard InChI is InChI=1S/C28H20ClN7O3S/c29-21-9-11-22(12-10-21)36-26(20-7-5-19(6-8-20)25-30-13-2-14-31-25)34-27-24(28(36)37)32-17-35(27)23-4-1-3-18(15-23)16-33-40(38)39/h1-15,17,33H,16H2,(H,38,39)/p-1. The Hall–Kier alpha value is -4.55. The van der Waals surface area contributed by atoms with Crippen molar-refractivity contribution in [3.05, 3.63) is 119 Å². The van der Waals surface area contributed by atoms with E-state index in [-0.39, 0.29) is 17.6 Å². The summed E-state index contributed by atoms with van der Waals surface area (Å²) in [6, 6.07) is 23.4. The summed E-state index contributed by atoms with van der Waals surface area (Å²) < 4.78 is 27.5. The molecule has 0 spiro atoms. The van der Waals surface area contributed by atoms with Crippen molar-refractivity contribution < 1.29 is 8.76 Å². The topological polar surface area (TPSA) is 131 Å². The van der Waals surface area contributed by atoms with Gasteiger partial charge in [0.25, 0.3) is 5.56 Å². The van der Waals surface area contributed by atoms with Crippen LogP contribution in [-0.2, 0) is 17.8 Å². The van der Waals surface area contributed by atoms with Crippen LogP contribution in [0.1, 0.15) is 5.56 Å². The van der Waals surface area contributed by atoms with E-state index >= 15 is 0 Å². The summed E-state index contributed by atoms with van der Waals surface area (Å²) in [5.74, 6) is 0.988. The molecule has 0 radical (unpaired) electrons. The quantitative estimate of drug-likeness (QED) is 0.285. The van der Waals surface area contributed by atoms with E-state index in [2.05, 4.69) is 19.7 Å². The van der Waals surface area contributed by atoms with E-state index in [0.29, 0.717) is 39.3 Å². The number of aromatic nitrogens is 6. The largest absolute Gasteiger partial charge is 0.760 e. The first-order chi connectivity index (χ1) is 19.5. The lowest BCUT2D eigenvalue weighted by Crippen LogP contribution is -2.22. The summed E-state index contributed by atoms with van der Waals surface area (Å²) in [5.41, 5.74) is 3.70. The second kappa shape index (κ2) is 10.9. The van der Waals surface area contributed by atoms with Gasteiger partial charge in [-0.3, -0.25) is 18.1 Å². The Labute approximate surface area is 235 Å². The summed E-state index contributed by atoms with van der Waals surface area (Å²) in [7, 11) is 0. The molecule has 3 aromatic carbocycles. The predicted molar refractivity (Wildman–Crippen MR) is 152 cm³/mol. The van der Waals surface area contributed by atoms with Crippen LogP contribution in [0.25, 0.3) is 45.3 Å². The molecule has 6 aromatic rings. The first-order valence-corrected chi connectivity index (χ1v) is 13.5. The summed E-state index contributed by atoms with van der Waals surface area (Å²) >= 11 is 3.73. The third kappa shape index (κ3) is 5.06. The molecule has 12 heteroatoms. The van der Waals surface area contributed by atoms with Gasteiger partial charge in [-0.25, -0.2) is 24.7 Å². The van der Waals surface area contributed by atoms with Crippen molar-refractivity contribution in [2.45, 2.75) is 6.54 Å². The number of imidazole rings is 1. The molecular weight excluding hydrogens is 550 g/mol. The van der Waals surface area contributed by atoms with E-state index in [0.717, 1.165) is 11.1 Å². The third-order valence-electron chi connectivity index (χ3n) is 6.21. The van der Waals surface area contributed by atoms with Crippen molar-refractivity contribution in [2.24, 2.45) is 0 Å². The van der Waals surface area contributed by atoms with Gasteiger partial charge in [0, 0.05) is 52.0 Å². The second-order valence-corrected chi connectivity index (χ2v) is 9.91. The molecular formula is C28H19ClN7O3S-. The first-order valence-electron chi connectivity index (χ1n) is 12.0. The average Bonchev–Trinajstić information content (AvgIpc) is 3.42. The van der Waals surface area contributed by atoms with Crippen LogP contribution in [0.5, 0.6) is 0 Å². The molecule has 10 nitrogen and oxygen atoms in total. The highest BCUT2D eigenvalue weighted by Gasteiger charge is 2.19. The fourth-order valence-corrected chi connectivity index (χ4v) is 4.75. The molecule has 0 saturated heterocycles. The SMILES string of the molecule is O=c1c2ncn(-c3cccc(CNS(=O)[O-])c3)c2nc(-c2ccc(-c3ncccn3)cc2)n1-c1ccc(Cl)cc1. The van der Waals surface area contributed by atoms with Crippen LogP contribution in [0.15, 0.2) is 102 Å². The van der Waals surface area contributed by atoms with Gasteiger partial charge in [-0.15, -0.1) is 0 Å². The summed E-state index contributed by atoms with van der Waals surface area (Å²) in [5, 5.41) is 0.541. The molecule has 0 saturated carbocycles. The van der Waals surface area contributed by atoms with E-state index in [1.54, 1.807) is 59.4 Å². The number of nitrogens with one attached hydrogen (secondary N) is 1. The van der Waals surface area contributed by atoms with Crippen LogP contribution in [0, 0.1) is 0 Å². The number of rotatable bonds is 7. The van der Waals surface area contributed by atoms with Crippen molar-refractivity contribution >= 4 is 34.0 Å². The van der Waals surface area contributed by atoms with Gasteiger partial charge in [0.2, 0.25) is 0 Å². The molecule has 6 rings (SSSR count). The zero-order valence-corrected chi connectivity index (χ0v) is 22.2. The van der Waals surface area contributed by atoms with Gasteiger partial charge in [-0.05, 0) is 48.0 Å². The predicted octanol–water partition coefficient (Wildman–Crippen LogP) is 4.23. The zero-order chi connectivity index (χ0) is 27.6. The Morgan fingerprint density at radius 3 is 2.33 bits per heavy atom. The minimum atomic E-state index is -2.39. The van der Waals surface area contributed by atoms with Crippen molar-refractivity contribution in [3.8, 4) is 34.2 Å². The molecule has 198 valence electrons. The Balaban J connectivity index is 1.53. The van der Waals surface area contributed by atoms with Crippen molar-refractivity contribution in [1.82, 2.24) is 33.8 Å². The maximum Gasteiger partial charge on any atom is 0.286 e. The molecule has 0 bridgehead atoms. The second-order valence-electron chi connectivity index (χ2n) is 8.71. The van der Waals surface area contributed by atoms with Crippen LogP contribution < -0.4 is 10.3 Å². The van der Waals surface area contributed by atoms with Crippen molar-refractivity contribution in [3.63, 3.8) is 0 Å². The molecule has 3 heterocycles. The van der Waals surface area contributed by atoms with Gasteiger partial charge in [-0.1, -0.05) is 48.0 Å². The minimum absolute atomic E-state index is 0.121. The number of hydrogen-bond acceptors (Lipinski definition) is 7. The Morgan fingerprint density at radius 1 is 0.875 bits per heavy atom. The maximum absolute atomic E-state index is 13.9. The number of hydrogen-bond donors (Lipinski definition) is 1. The normalized spacial score (nSPS) is 12.1. The summed E-state index contributed by atoms with van der Waals surface area (Å²) in [6.07, 6.45) is 4.88. The number of nitrogens with zero attached hydrogens (tertiary/aromatic N) is 6. The fraction of sp³-hybridized carbons (Fsp3) is 0.0357. The Morgan fingerprint density at radius 2 is 1.60 bits per heavy atom. The van der Waals surface area contributed by atoms with E-state index in [4.69, 9.17) is 16.6 Å². The molecule has 0 aliphatic carbocycles. The van der Waals surface area contributed by atoms with Crippen LogP contribution >= 0.6 is 11.6 Å². The smallest absolute Gasteiger partial charge is 0.286 e. The highest BCUT2D eigenvalue weighted by molar-refractivity contribution is 7.77. The van der Waals surface area contributed by atoms with E-state index in [1.807, 2.05) is 36.4 Å². The van der Waals surface area contributed by atoms with Gasteiger partial charge >= 0.3 is 0 Å². The fourth-order valence-electron chi connectivity index (χ4n) is 4.34. The van der Waals surface area contributed by atoms with Gasteiger partial charge in [0.15, 0.2) is 17.0 Å². The molecule has 3 aromatic heterocycles. The monoisotopic (exact) mass is 568 g/mol. The summed E-state index contributed by atoms with van der Waals surface area (Å²) in [4.78, 5) is 31.8. The van der Waals surface area contributed by atoms with Gasteiger partial charge in [0.05, 0.1) is 5.69 Å².